The topological polar surface area (TPSA) is 9.23 Å². The van der Waals surface area contributed by atoms with Crippen molar-refractivity contribution < 1.29 is 4.74 Å². The fraction of sp³-hybridized carbons (Fsp3) is 0.200. The standard InChI is InChI=1S/C15H16OS/c1-11-8-9-13(10-12(11)2)17-15-7-5-4-6-14(15)16-3/h4-10H,1-3H3. The third-order valence-corrected chi connectivity index (χ3v) is 3.82. The fourth-order valence-corrected chi connectivity index (χ4v) is 2.63. The molecule has 0 bridgehead atoms. The van der Waals surface area contributed by atoms with E-state index >= 15 is 0 Å². The summed E-state index contributed by atoms with van der Waals surface area (Å²) in [5.41, 5.74) is 2.65. The molecule has 0 radical (unpaired) electrons. The van der Waals surface area contributed by atoms with E-state index in [4.69, 9.17) is 4.74 Å². The van der Waals surface area contributed by atoms with E-state index in [1.165, 1.54) is 16.0 Å². The average Bonchev–Trinajstić information content (AvgIpc) is 2.34. The first kappa shape index (κ1) is 12.1. The molecular formula is C15H16OS. The van der Waals surface area contributed by atoms with E-state index in [2.05, 4.69) is 38.1 Å². The number of rotatable bonds is 3. The van der Waals surface area contributed by atoms with Gasteiger partial charge in [-0.3, -0.25) is 0 Å². The van der Waals surface area contributed by atoms with Crippen LogP contribution in [-0.2, 0) is 0 Å². The Morgan fingerprint density at radius 1 is 0.941 bits per heavy atom. The fourth-order valence-electron chi connectivity index (χ4n) is 1.61. The SMILES string of the molecule is COc1ccccc1Sc1ccc(C)c(C)c1. The first-order chi connectivity index (χ1) is 8.20. The summed E-state index contributed by atoms with van der Waals surface area (Å²) in [6.45, 7) is 4.27. The predicted molar refractivity (Wildman–Crippen MR) is 73.0 cm³/mol. The first-order valence-corrected chi connectivity index (χ1v) is 6.40. The van der Waals surface area contributed by atoms with E-state index < -0.39 is 0 Å². The van der Waals surface area contributed by atoms with Crippen molar-refractivity contribution in [2.24, 2.45) is 0 Å². The van der Waals surface area contributed by atoms with Gasteiger partial charge in [-0.05, 0) is 49.2 Å². The number of hydrogen-bond acceptors (Lipinski definition) is 2. The van der Waals surface area contributed by atoms with Crippen molar-refractivity contribution in [3.8, 4) is 5.75 Å². The lowest BCUT2D eigenvalue weighted by atomic mass is 10.1. The molecular weight excluding hydrogens is 228 g/mol. The van der Waals surface area contributed by atoms with Gasteiger partial charge in [0, 0.05) is 4.90 Å². The molecule has 0 fully saturated rings. The lowest BCUT2D eigenvalue weighted by Crippen LogP contribution is -1.86. The van der Waals surface area contributed by atoms with Gasteiger partial charge in [0.15, 0.2) is 0 Å². The molecule has 2 heteroatoms. The zero-order chi connectivity index (χ0) is 12.3. The van der Waals surface area contributed by atoms with Gasteiger partial charge < -0.3 is 4.74 Å². The first-order valence-electron chi connectivity index (χ1n) is 5.59. The third kappa shape index (κ3) is 2.83. The van der Waals surface area contributed by atoms with Gasteiger partial charge in [0.1, 0.15) is 5.75 Å². The Hall–Kier alpha value is -1.41. The van der Waals surface area contributed by atoms with Gasteiger partial charge in [-0.1, -0.05) is 30.0 Å². The van der Waals surface area contributed by atoms with Crippen molar-refractivity contribution in [1.82, 2.24) is 0 Å². The molecule has 2 aromatic rings. The number of benzene rings is 2. The molecule has 0 saturated heterocycles. The summed E-state index contributed by atoms with van der Waals surface area (Å²) in [6, 6.07) is 14.6. The molecule has 88 valence electrons. The van der Waals surface area contributed by atoms with Gasteiger partial charge >= 0.3 is 0 Å². The highest BCUT2D eigenvalue weighted by molar-refractivity contribution is 7.99. The highest BCUT2D eigenvalue weighted by atomic mass is 32.2. The number of ether oxygens (including phenoxy) is 1. The molecule has 0 aliphatic carbocycles. The Kier molecular flexibility index (Phi) is 3.75. The van der Waals surface area contributed by atoms with Crippen molar-refractivity contribution in [2.45, 2.75) is 23.6 Å². The van der Waals surface area contributed by atoms with Crippen molar-refractivity contribution in [1.29, 1.82) is 0 Å². The van der Waals surface area contributed by atoms with Crippen LogP contribution in [0.3, 0.4) is 0 Å². The van der Waals surface area contributed by atoms with Gasteiger partial charge in [0.05, 0.1) is 12.0 Å². The van der Waals surface area contributed by atoms with E-state index in [0.29, 0.717) is 0 Å². The molecule has 2 aromatic carbocycles. The van der Waals surface area contributed by atoms with Crippen LogP contribution in [-0.4, -0.2) is 7.11 Å². The van der Waals surface area contributed by atoms with Gasteiger partial charge in [-0.25, -0.2) is 0 Å². The zero-order valence-electron chi connectivity index (χ0n) is 10.4. The number of hydrogen-bond donors (Lipinski definition) is 0. The monoisotopic (exact) mass is 244 g/mol. The lowest BCUT2D eigenvalue weighted by Gasteiger charge is -2.08. The third-order valence-electron chi connectivity index (χ3n) is 2.78. The van der Waals surface area contributed by atoms with E-state index in [1.807, 2.05) is 18.2 Å². The zero-order valence-corrected chi connectivity index (χ0v) is 11.2. The summed E-state index contributed by atoms with van der Waals surface area (Å²) in [6.07, 6.45) is 0. The van der Waals surface area contributed by atoms with E-state index in [0.717, 1.165) is 10.6 Å². The number of methoxy groups -OCH3 is 1. The normalized spacial score (nSPS) is 10.3. The van der Waals surface area contributed by atoms with Gasteiger partial charge in [-0.15, -0.1) is 0 Å². The van der Waals surface area contributed by atoms with Crippen molar-refractivity contribution in [3.63, 3.8) is 0 Å². The van der Waals surface area contributed by atoms with Crippen LogP contribution in [0, 0.1) is 13.8 Å². The largest absolute Gasteiger partial charge is 0.496 e. The number of para-hydroxylation sites is 1. The van der Waals surface area contributed by atoms with Gasteiger partial charge in [0.25, 0.3) is 0 Å². The highest BCUT2D eigenvalue weighted by Gasteiger charge is 2.04. The molecule has 0 saturated carbocycles. The van der Waals surface area contributed by atoms with Gasteiger partial charge in [-0.2, -0.15) is 0 Å². The summed E-state index contributed by atoms with van der Waals surface area (Å²) < 4.78 is 5.35. The van der Waals surface area contributed by atoms with Crippen molar-refractivity contribution >= 4 is 11.8 Å². The summed E-state index contributed by atoms with van der Waals surface area (Å²) in [4.78, 5) is 2.40. The molecule has 1 nitrogen and oxygen atoms in total. The van der Waals surface area contributed by atoms with Crippen LogP contribution in [0.25, 0.3) is 0 Å². The molecule has 0 aliphatic heterocycles. The molecule has 0 heterocycles. The molecule has 0 amide bonds. The van der Waals surface area contributed by atoms with Gasteiger partial charge in [0.2, 0.25) is 0 Å². The Bertz CT molecular complexity index is 520. The van der Waals surface area contributed by atoms with Crippen LogP contribution < -0.4 is 4.74 Å². The van der Waals surface area contributed by atoms with E-state index in [9.17, 15) is 0 Å². The van der Waals surface area contributed by atoms with Crippen LogP contribution >= 0.6 is 11.8 Å². The van der Waals surface area contributed by atoms with E-state index in [-0.39, 0.29) is 0 Å². The quantitative estimate of drug-likeness (QED) is 0.788. The van der Waals surface area contributed by atoms with Crippen LogP contribution in [0.5, 0.6) is 5.75 Å². The average molecular weight is 244 g/mol. The predicted octanol–water partition coefficient (Wildman–Crippen LogP) is 4.46. The maximum absolute atomic E-state index is 5.35. The maximum Gasteiger partial charge on any atom is 0.132 e. The molecule has 0 spiro atoms. The smallest absolute Gasteiger partial charge is 0.132 e. The number of aryl methyl sites for hydroxylation is 2. The minimum Gasteiger partial charge on any atom is -0.496 e. The second-order valence-electron chi connectivity index (χ2n) is 4.00. The van der Waals surface area contributed by atoms with Crippen LogP contribution in [0.1, 0.15) is 11.1 Å². The lowest BCUT2D eigenvalue weighted by molar-refractivity contribution is 0.405. The minimum absolute atomic E-state index is 0.927. The molecule has 0 aromatic heterocycles. The molecule has 0 unspecified atom stereocenters. The molecule has 0 aliphatic rings. The van der Waals surface area contributed by atoms with Crippen molar-refractivity contribution in [2.75, 3.05) is 7.11 Å². The second-order valence-corrected chi connectivity index (χ2v) is 5.11. The molecule has 0 atom stereocenters. The summed E-state index contributed by atoms with van der Waals surface area (Å²) in [7, 11) is 1.71. The van der Waals surface area contributed by atoms with Crippen LogP contribution in [0.4, 0.5) is 0 Å². The maximum atomic E-state index is 5.35. The Balaban J connectivity index is 2.28. The Labute approximate surface area is 107 Å². The highest BCUT2D eigenvalue weighted by Crippen LogP contribution is 2.35. The molecule has 2 rings (SSSR count). The summed E-state index contributed by atoms with van der Waals surface area (Å²) in [5.74, 6) is 0.927. The molecule has 17 heavy (non-hydrogen) atoms. The van der Waals surface area contributed by atoms with Crippen molar-refractivity contribution in [3.05, 3.63) is 53.6 Å². The summed E-state index contributed by atoms with van der Waals surface area (Å²) in [5, 5.41) is 0. The van der Waals surface area contributed by atoms with Crippen LogP contribution in [0.2, 0.25) is 0 Å². The minimum atomic E-state index is 0.927. The Morgan fingerprint density at radius 2 is 1.71 bits per heavy atom. The van der Waals surface area contributed by atoms with E-state index in [1.54, 1.807) is 18.9 Å². The second kappa shape index (κ2) is 5.28. The van der Waals surface area contributed by atoms with Crippen LogP contribution in [0.15, 0.2) is 52.3 Å². The summed E-state index contributed by atoms with van der Waals surface area (Å²) >= 11 is 1.74. The Morgan fingerprint density at radius 3 is 2.41 bits per heavy atom. The molecule has 0 N–H and O–H groups in total.